The van der Waals surface area contributed by atoms with Crippen molar-refractivity contribution in [3.05, 3.63) is 118 Å². The minimum Gasteiger partial charge on any atom is -0.497 e. The number of para-hydroxylation sites is 1. The first-order chi connectivity index (χ1) is 22.2. The highest BCUT2D eigenvalue weighted by molar-refractivity contribution is 5.83. The number of H-pyrrole nitrogens is 1. The van der Waals surface area contributed by atoms with Gasteiger partial charge in [0.05, 0.1) is 25.7 Å². The van der Waals surface area contributed by atoms with Gasteiger partial charge >= 0.3 is 0 Å². The van der Waals surface area contributed by atoms with E-state index in [1.54, 1.807) is 7.11 Å². The number of hydrogen-bond donors (Lipinski definition) is 3. The fourth-order valence-electron chi connectivity index (χ4n) is 6.60. The Hall–Kier alpha value is -4.91. The summed E-state index contributed by atoms with van der Waals surface area (Å²) in [6.07, 6.45) is 8.97. The molecule has 2 aromatic heterocycles. The Morgan fingerprint density at radius 2 is 1.91 bits per heavy atom. The van der Waals surface area contributed by atoms with Crippen LogP contribution in [0.25, 0.3) is 22.2 Å². The molecule has 1 fully saturated rings. The third-order valence-electron chi connectivity index (χ3n) is 9.02. The number of carbonyl (C=O) groups is 1. The number of nitrogens with one attached hydrogen (secondary N) is 3. The molecule has 0 spiro atoms. The van der Waals surface area contributed by atoms with Gasteiger partial charge in [-0.3, -0.25) is 4.79 Å². The number of ether oxygens (including phenoxy) is 1. The molecule has 2 aliphatic rings. The molecular formula is C37H38N6O2. The molecule has 1 aliphatic carbocycles. The highest BCUT2D eigenvalue weighted by atomic mass is 16.5. The van der Waals surface area contributed by atoms with E-state index in [2.05, 4.69) is 86.7 Å². The van der Waals surface area contributed by atoms with Gasteiger partial charge in [-0.1, -0.05) is 54.1 Å². The van der Waals surface area contributed by atoms with Crippen LogP contribution in [0.2, 0.25) is 0 Å². The number of allylic oxidation sites excluding steroid dienone is 1. The maximum atomic E-state index is 13.6. The van der Waals surface area contributed by atoms with Crippen LogP contribution in [0.1, 0.15) is 54.5 Å². The molecule has 3 heterocycles. The number of aromatic amines is 1. The van der Waals surface area contributed by atoms with E-state index in [9.17, 15) is 4.79 Å². The van der Waals surface area contributed by atoms with Crippen molar-refractivity contribution in [3.63, 3.8) is 0 Å². The smallest absolute Gasteiger partial charge is 0.237 e. The predicted octanol–water partition coefficient (Wildman–Crippen LogP) is 4.09. The van der Waals surface area contributed by atoms with Gasteiger partial charge in [-0.05, 0) is 85.3 Å². The molecule has 0 saturated carbocycles. The molecule has 5 aromatic rings. The Bertz CT molecular complexity index is 1980. The molecule has 2 atom stereocenters. The summed E-state index contributed by atoms with van der Waals surface area (Å²) in [6, 6.07) is 24.3. The van der Waals surface area contributed by atoms with Crippen molar-refractivity contribution in [3.8, 4) is 5.75 Å². The van der Waals surface area contributed by atoms with Crippen molar-refractivity contribution in [2.75, 3.05) is 13.7 Å². The van der Waals surface area contributed by atoms with Crippen LogP contribution in [-0.4, -0.2) is 45.4 Å². The molecule has 228 valence electrons. The van der Waals surface area contributed by atoms with Gasteiger partial charge in [0.15, 0.2) is 5.82 Å². The summed E-state index contributed by atoms with van der Waals surface area (Å²) in [5.74, 6) is 2.50. The first kappa shape index (κ1) is 28.8. The Morgan fingerprint density at radius 1 is 1.07 bits per heavy atom. The number of aryl methyl sites for hydroxylation is 2. The number of aromatic nitrogens is 4. The largest absolute Gasteiger partial charge is 0.497 e. The highest BCUT2D eigenvalue weighted by Gasteiger charge is 2.29. The summed E-state index contributed by atoms with van der Waals surface area (Å²) in [4.78, 5) is 17.0. The van der Waals surface area contributed by atoms with Crippen LogP contribution in [0.15, 0.2) is 85.1 Å². The number of hydrogen-bond acceptors (Lipinski definition) is 5. The van der Waals surface area contributed by atoms with Crippen molar-refractivity contribution in [2.45, 2.75) is 57.2 Å². The van der Waals surface area contributed by atoms with Crippen molar-refractivity contribution in [1.29, 1.82) is 0 Å². The molecule has 3 aromatic carbocycles. The first-order valence-corrected chi connectivity index (χ1v) is 15.8. The van der Waals surface area contributed by atoms with Crippen LogP contribution in [0.3, 0.4) is 0 Å². The summed E-state index contributed by atoms with van der Waals surface area (Å²) >= 11 is 0. The van der Waals surface area contributed by atoms with Crippen LogP contribution < -0.4 is 25.8 Å². The van der Waals surface area contributed by atoms with E-state index in [-0.39, 0.29) is 18.0 Å². The van der Waals surface area contributed by atoms with E-state index in [1.807, 2.05) is 24.3 Å². The zero-order chi connectivity index (χ0) is 30.6. The van der Waals surface area contributed by atoms with E-state index in [4.69, 9.17) is 14.9 Å². The molecule has 45 heavy (non-hydrogen) atoms. The van der Waals surface area contributed by atoms with Gasteiger partial charge in [-0.2, -0.15) is 0 Å². The van der Waals surface area contributed by atoms with Gasteiger partial charge in [0.2, 0.25) is 5.91 Å². The summed E-state index contributed by atoms with van der Waals surface area (Å²) in [7, 11) is 1.68. The summed E-state index contributed by atoms with van der Waals surface area (Å²) in [6.45, 7) is 1.45. The molecule has 1 aliphatic heterocycles. The number of nitrogens with zero attached hydrogens (tertiary/aromatic N) is 3. The maximum absolute atomic E-state index is 13.6. The molecular weight excluding hydrogens is 560 g/mol. The second-order valence-electron chi connectivity index (χ2n) is 11.9. The van der Waals surface area contributed by atoms with E-state index >= 15 is 0 Å². The van der Waals surface area contributed by atoms with Crippen molar-refractivity contribution < 1.29 is 9.53 Å². The number of methoxy groups -OCH3 is 1. The standard InChI is InChI=1S/C37H38N6O2/c1-45-29-18-15-25(16-19-29)24-43-35(20-17-28-23-39-32-13-5-4-12-31(28)32)41-42-36(43)34(40-37(44)33-14-7-21-38-33)22-27-10-6-9-26-8-2-3-11-30(26)27/h2-6,8,11-13,15-16,18-19,23,33-34,38-39H,7,10,14,17,20-22,24H2,1H3,(H,40,44)/t33?,34-/m1/s1. The lowest BCUT2D eigenvalue weighted by Crippen LogP contribution is -2.43. The number of fused-ring (bicyclic) bond motifs is 2. The van der Waals surface area contributed by atoms with Crippen molar-refractivity contribution >= 4 is 28.1 Å². The van der Waals surface area contributed by atoms with Gasteiger partial charge in [0.25, 0.3) is 0 Å². The Labute approximate surface area is 262 Å². The molecule has 8 nitrogen and oxygen atoms in total. The number of amides is 1. The van der Waals surface area contributed by atoms with Crippen LogP contribution in [-0.2, 0) is 24.2 Å². The monoisotopic (exact) mass is 598 g/mol. The fourth-order valence-corrected chi connectivity index (χ4v) is 6.60. The first-order valence-electron chi connectivity index (χ1n) is 15.8. The van der Waals surface area contributed by atoms with Gasteiger partial charge < -0.3 is 24.9 Å². The minimum absolute atomic E-state index is 0.0173. The predicted molar refractivity (Wildman–Crippen MR) is 176 cm³/mol. The molecule has 0 radical (unpaired) electrons. The Balaban J connectivity index is 1.26. The summed E-state index contributed by atoms with van der Waals surface area (Å²) < 4.78 is 7.62. The van der Waals surface area contributed by atoms with Gasteiger partial charge in [0, 0.05) is 28.7 Å². The van der Waals surface area contributed by atoms with Gasteiger partial charge in [-0.15, -0.1) is 15.9 Å². The third kappa shape index (κ3) is 6.21. The zero-order valence-corrected chi connectivity index (χ0v) is 25.6. The second kappa shape index (κ2) is 13.0. The zero-order valence-electron chi connectivity index (χ0n) is 25.6. The van der Waals surface area contributed by atoms with Crippen molar-refractivity contribution in [1.82, 2.24) is 30.4 Å². The van der Waals surface area contributed by atoms with E-state index in [0.29, 0.717) is 19.4 Å². The molecule has 1 unspecified atom stereocenters. The Kier molecular flexibility index (Phi) is 8.32. The van der Waals surface area contributed by atoms with E-state index < -0.39 is 0 Å². The lowest BCUT2D eigenvalue weighted by molar-refractivity contribution is -0.123. The third-order valence-corrected chi connectivity index (χ3v) is 9.02. The average Bonchev–Trinajstić information content (AvgIpc) is 3.85. The summed E-state index contributed by atoms with van der Waals surface area (Å²) in [5, 5.41) is 19.8. The van der Waals surface area contributed by atoms with Gasteiger partial charge in [-0.25, -0.2) is 0 Å². The van der Waals surface area contributed by atoms with Crippen LogP contribution in [0, 0.1) is 0 Å². The van der Waals surface area contributed by atoms with Crippen LogP contribution in [0.4, 0.5) is 0 Å². The molecule has 8 heteroatoms. The molecule has 3 N–H and O–H groups in total. The van der Waals surface area contributed by atoms with Gasteiger partial charge in [0.1, 0.15) is 11.6 Å². The number of benzene rings is 3. The molecule has 0 bridgehead atoms. The fraction of sp³-hybridized carbons (Fsp3) is 0.297. The van der Waals surface area contributed by atoms with Crippen molar-refractivity contribution in [2.24, 2.45) is 0 Å². The Morgan fingerprint density at radius 3 is 2.76 bits per heavy atom. The maximum Gasteiger partial charge on any atom is 0.237 e. The SMILES string of the molecule is COc1ccc(Cn2c(CCc3c[nH]c4ccccc34)nnc2[C@@H](CC2=c3ccccc3=C=CC2)NC(=O)C2CCCN2)cc1. The van der Waals surface area contributed by atoms with Crippen LogP contribution in [0.5, 0.6) is 5.75 Å². The quantitative estimate of drug-likeness (QED) is 0.213. The second-order valence-corrected chi connectivity index (χ2v) is 11.9. The highest BCUT2D eigenvalue weighted by Crippen LogP contribution is 2.27. The number of rotatable bonds is 11. The molecule has 1 saturated heterocycles. The summed E-state index contributed by atoms with van der Waals surface area (Å²) in [5.41, 5.74) is 8.15. The van der Waals surface area contributed by atoms with Crippen LogP contribution >= 0.6 is 0 Å². The van der Waals surface area contributed by atoms with E-state index in [1.165, 1.54) is 21.7 Å². The number of carbonyl (C=O) groups excluding carboxylic acids is 1. The normalized spacial score (nSPS) is 16.4. The topological polar surface area (TPSA) is 96.9 Å². The molecule has 1 amide bonds. The van der Waals surface area contributed by atoms with E-state index in [0.717, 1.165) is 65.9 Å². The lowest BCUT2D eigenvalue weighted by atomic mass is 9.96. The average molecular weight is 599 g/mol. The minimum atomic E-state index is -0.345. The lowest BCUT2D eigenvalue weighted by Gasteiger charge is -2.23. The molecule has 7 rings (SSSR count).